The molecule has 8 rings (SSSR count). The van der Waals surface area contributed by atoms with Crippen LogP contribution in [0.5, 0.6) is 0 Å². The van der Waals surface area contributed by atoms with Gasteiger partial charge in [0.25, 0.3) is 0 Å². The molecule has 0 aliphatic heterocycles. The summed E-state index contributed by atoms with van der Waals surface area (Å²) >= 11 is 0. The van der Waals surface area contributed by atoms with Crippen LogP contribution in [-0.2, 0) is 56.0 Å². The van der Waals surface area contributed by atoms with Crippen LogP contribution in [0.1, 0.15) is 50.1 Å². The molecule has 1 heterocycles. The van der Waals surface area contributed by atoms with E-state index in [4.69, 9.17) is 0 Å². The van der Waals surface area contributed by atoms with E-state index in [1.165, 1.54) is 16.7 Å². The predicted molar refractivity (Wildman–Crippen MR) is 242 cm³/mol. The number of nitrogens with zero attached hydrogens (tertiary/aromatic N) is 2. The highest BCUT2D eigenvalue weighted by Crippen LogP contribution is 2.42. The van der Waals surface area contributed by atoms with Gasteiger partial charge in [-0.2, -0.15) is 132 Å². The Kier molecular flexibility index (Phi) is 15.8. The molecule has 0 bridgehead atoms. The van der Waals surface area contributed by atoms with Gasteiger partial charge in [0.2, 0.25) is 0 Å². The summed E-state index contributed by atoms with van der Waals surface area (Å²) in [5, 5.41) is 0. The summed E-state index contributed by atoms with van der Waals surface area (Å²) in [4.78, 5) is 4.54. The van der Waals surface area contributed by atoms with E-state index in [9.17, 15) is 105 Å². The van der Waals surface area contributed by atoms with Crippen LogP contribution in [0.25, 0.3) is 22.4 Å². The van der Waals surface area contributed by atoms with Gasteiger partial charge in [-0.3, -0.25) is 0 Å². The first kappa shape index (κ1) is 59.9. The fraction of sp³-hybridized carbons (Fsp3) is 0.170. The van der Waals surface area contributed by atoms with Crippen LogP contribution in [0, 0.1) is 0 Å². The number of aromatic nitrogens is 2. The Labute approximate surface area is 434 Å². The molecule has 0 saturated heterocycles. The molecule has 0 radical (unpaired) electrons. The Balaban J connectivity index is 0.000000329. The van der Waals surface area contributed by atoms with E-state index in [0.717, 1.165) is 17.8 Å². The van der Waals surface area contributed by atoms with Crippen molar-refractivity contribution >= 4 is 28.0 Å². The summed E-state index contributed by atoms with van der Waals surface area (Å²) in [6.45, 7) is 0.853. The fourth-order valence-electron chi connectivity index (χ4n) is 8.91. The van der Waals surface area contributed by atoms with E-state index in [0.29, 0.717) is 0 Å². The maximum atomic E-state index is 14.2. The molecule has 1 aromatic heterocycles. The zero-order valence-electron chi connectivity index (χ0n) is 39.3. The smallest absolute Gasteiger partial charge is 0.244 e. The molecule has 6 aromatic rings. The molecule has 27 heteroatoms. The third-order valence-corrected chi connectivity index (χ3v) is 12.4. The topological polar surface area (TPSA) is 16.8 Å². The van der Waals surface area contributed by atoms with E-state index in [1.807, 2.05) is 24.5 Å². The van der Waals surface area contributed by atoms with Crippen LogP contribution in [0.15, 0.2) is 164 Å². The zero-order chi connectivity index (χ0) is 59.4. The van der Waals surface area contributed by atoms with Crippen molar-refractivity contribution in [2.45, 2.75) is 56.0 Å². The van der Waals surface area contributed by atoms with E-state index < -0.39 is 195 Å². The number of halogens is 24. The predicted octanol–water partition coefficient (Wildman–Crippen LogP) is 15.4. The normalized spacial score (nSPS) is 13.3. The molecular weight excluding hydrogens is 1130 g/mol. The fourth-order valence-corrected chi connectivity index (χ4v) is 8.91. The quantitative estimate of drug-likeness (QED) is 0.0883. The first-order valence-electron chi connectivity index (χ1n) is 22.4. The highest BCUT2D eigenvalue weighted by atomic mass is 19.4. The van der Waals surface area contributed by atoms with Crippen molar-refractivity contribution in [2.75, 3.05) is 0 Å². The molecule has 0 amide bonds. The van der Waals surface area contributed by atoms with Crippen LogP contribution in [0.2, 0.25) is 0 Å². The van der Waals surface area contributed by atoms with Crippen molar-refractivity contribution in [3.8, 4) is 22.4 Å². The maximum absolute atomic E-state index is 14.2. The molecule has 0 atom stereocenters. The molecule has 0 spiro atoms. The summed E-state index contributed by atoms with van der Waals surface area (Å²) in [5.41, 5.74) is -24.3. The van der Waals surface area contributed by atoms with Crippen molar-refractivity contribution in [3.05, 3.63) is 214 Å². The minimum absolute atomic E-state index is 0.691. The molecule has 2 nitrogen and oxygen atoms in total. The van der Waals surface area contributed by atoms with Crippen molar-refractivity contribution in [1.29, 1.82) is 0 Å². The van der Waals surface area contributed by atoms with Crippen molar-refractivity contribution < 1.29 is 110 Å². The van der Waals surface area contributed by atoms with E-state index in [-0.39, 0.29) is 0 Å². The van der Waals surface area contributed by atoms with Gasteiger partial charge in [0.15, 0.2) is 18.9 Å². The lowest BCUT2D eigenvalue weighted by Crippen LogP contribution is -2.75. The first-order chi connectivity index (χ1) is 36.6. The van der Waals surface area contributed by atoms with E-state index in [1.54, 1.807) is 0 Å². The van der Waals surface area contributed by atoms with Crippen LogP contribution in [-0.4, -0.2) is 11.1 Å². The van der Waals surface area contributed by atoms with Crippen molar-refractivity contribution in [1.82, 2.24) is 4.98 Å². The lowest BCUT2D eigenvalue weighted by molar-refractivity contribution is -0.688. The maximum Gasteiger partial charge on any atom is 0.416 e. The summed E-state index contributed by atoms with van der Waals surface area (Å²) in [6.07, 6.45) is -48.8. The Morgan fingerprint density at radius 2 is 0.575 bits per heavy atom. The van der Waals surface area contributed by atoms with Crippen molar-refractivity contribution in [3.63, 3.8) is 0 Å². The largest absolute Gasteiger partial charge is 0.416 e. The second kappa shape index (κ2) is 21.1. The van der Waals surface area contributed by atoms with Crippen LogP contribution < -0.4 is 26.4 Å². The van der Waals surface area contributed by atoms with Crippen LogP contribution in [0.4, 0.5) is 105 Å². The summed E-state index contributed by atoms with van der Waals surface area (Å²) < 4.78 is 343. The number of fused-ring (bicyclic) bond motifs is 1. The first-order valence-corrected chi connectivity index (χ1v) is 22.4. The highest BCUT2D eigenvalue weighted by molar-refractivity contribution is 7.20. The Bertz CT molecular complexity index is 3010. The van der Waals surface area contributed by atoms with Gasteiger partial charge < -0.3 is 0 Å². The average Bonchev–Trinajstić information content (AvgIpc) is 3.62. The van der Waals surface area contributed by atoms with Crippen LogP contribution in [0.3, 0.4) is 0 Å². The lowest BCUT2D eigenvalue weighted by atomic mass is 9.12. The molecule has 5 aromatic carbocycles. The van der Waals surface area contributed by atoms with Gasteiger partial charge in [-0.1, -0.05) is 109 Å². The van der Waals surface area contributed by atoms with Crippen LogP contribution >= 0.6 is 0 Å². The third-order valence-electron chi connectivity index (χ3n) is 12.4. The van der Waals surface area contributed by atoms with E-state index >= 15 is 0 Å². The number of hydrogen-bond acceptors (Lipinski definition) is 1. The molecule has 80 heavy (non-hydrogen) atoms. The summed E-state index contributed by atoms with van der Waals surface area (Å²) in [7, 11) is 0. The SMILES string of the molecule is FC(F)(F)c1cc([B-](c2cc(C(F)(F)F)cc(C(F)(F)F)c2)(c2cc(C(F)(F)F)cc(C(F)(F)F)c2)c2cc(C(F)(F)F)cc(C(F)(F)F)c2)cc(C(F)(F)F)c1.c1ccc(C[n+]2ccnc(-c3cc4cccccc-4c3)c2)cc1. The van der Waals surface area contributed by atoms with Gasteiger partial charge >= 0.3 is 49.4 Å². The minimum Gasteiger partial charge on any atom is -0.244 e. The molecule has 0 unspecified atom stereocenters. The molecule has 0 fully saturated rings. The Morgan fingerprint density at radius 1 is 0.312 bits per heavy atom. The summed E-state index contributed by atoms with van der Waals surface area (Å²) in [5.74, 6) is 0. The molecule has 422 valence electrons. The second-order valence-electron chi connectivity index (χ2n) is 17.9. The standard InChI is InChI=1S/C32H12BF24.C21H17N2/c34-25(35,36)13-1-14(26(37,38)39)6-21(5-13)33(22-7-15(27(40,41)42)2-16(8-22)28(43,44)45,23-9-17(29(46,47)48)3-18(10-23)30(49,50)51)24-11-19(31(52,53)54)4-20(12-24)32(55,56)57;1-3-7-17(8-4-1)15-23-12-11-22-21(16-23)20-13-18-9-5-2-6-10-19(18)14-20/h1-12H;1-14,16H,15H2/q-1;+1. The minimum atomic E-state index is -6.13. The zero-order valence-corrected chi connectivity index (χ0v) is 39.3. The molecule has 2 aliphatic rings. The number of rotatable bonds is 7. The van der Waals surface area contributed by atoms with Gasteiger partial charge in [0, 0.05) is 11.1 Å². The molecule has 2 aliphatic carbocycles. The third kappa shape index (κ3) is 13.5. The number of benzene rings is 5. The van der Waals surface area contributed by atoms with Gasteiger partial charge in [0.05, 0.1) is 50.7 Å². The molecular formula is C53H29BF24N2. The second-order valence-corrected chi connectivity index (χ2v) is 17.9. The van der Waals surface area contributed by atoms with Gasteiger partial charge in [0.1, 0.15) is 11.8 Å². The van der Waals surface area contributed by atoms with Gasteiger partial charge in [-0.25, -0.2) is 4.98 Å². The molecule has 0 saturated carbocycles. The number of alkyl halides is 24. The van der Waals surface area contributed by atoms with E-state index in [2.05, 4.69) is 76.4 Å². The van der Waals surface area contributed by atoms with Gasteiger partial charge in [-0.05, 0) is 47.5 Å². The van der Waals surface area contributed by atoms with Crippen molar-refractivity contribution in [2.24, 2.45) is 0 Å². The number of hydrogen-bond donors (Lipinski definition) is 0. The molecule has 0 N–H and O–H groups in total. The monoisotopic (exact) mass is 1160 g/mol. The van der Waals surface area contributed by atoms with Gasteiger partial charge in [-0.15, -0.1) is 0 Å². The summed E-state index contributed by atoms with van der Waals surface area (Å²) in [6, 6.07) is 16.5. The Hall–Kier alpha value is -7.74. The Morgan fingerprint density at radius 3 is 0.838 bits per heavy atom. The lowest BCUT2D eigenvalue weighted by Gasteiger charge is -2.46. The highest BCUT2D eigenvalue weighted by Gasteiger charge is 2.47. The average molecular weight is 1160 g/mol.